The maximum atomic E-state index is 12.7. The predicted molar refractivity (Wildman–Crippen MR) is 162 cm³/mol. The van der Waals surface area contributed by atoms with Gasteiger partial charge in [0.25, 0.3) is 0 Å². The summed E-state index contributed by atoms with van der Waals surface area (Å²) in [6.07, 6.45) is 3.35. The second-order valence-electron chi connectivity index (χ2n) is 19.0. The van der Waals surface area contributed by atoms with Crippen molar-refractivity contribution in [3.8, 4) is 0 Å². The molecule has 0 aromatic heterocycles. The van der Waals surface area contributed by atoms with Gasteiger partial charge in [0.15, 0.2) is 12.1 Å². The van der Waals surface area contributed by atoms with Crippen LogP contribution in [0.1, 0.15) is 107 Å². The Balaban J connectivity index is 1.10. The first-order valence-corrected chi connectivity index (χ1v) is 17.8. The minimum atomic E-state index is -1.27. The summed E-state index contributed by atoms with van der Waals surface area (Å²) in [5.41, 5.74) is -0.112. The van der Waals surface area contributed by atoms with E-state index in [-0.39, 0.29) is 63.3 Å². The van der Waals surface area contributed by atoms with Gasteiger partial charge in [-0.1, -0.05) is 55.4 Å². The van der Waals surface area contributed by atoms with Crippen molar-refractivity contribution < 1.29 is 39.4 Å². The van der Waals surface area contributed by atoms with Gasteiger partial charge in [0.2, 0.25) is 0 Å². The predicted octanol–water partition coefficient (Wildman–Crippen LogP) is 4.40. The Morgan fingerprint density at radius 3 is 2.20 bits per heavy atom. The van der Waals surface area contributed by atoms with Crippen LogP contribution in [0.25, 0.3) is 0 Å². The van der Waals surface area contributed by atoms with E-state index in [4.69, 9.17) is 18.9 Å². The maximum absolute atomic E-state index is 12.7. The van der Waals surface area contributed by atoms with Crippen molar-refractivity contribution in [3.05, 3.63) is 0 Å². The number of aliphatic hydroxyl groups is 4. The summed E-state index contributed by atoms with van der Waals surface area (Å²) in [7, 11) is 0. The fourth-order valence-electron chi connectivity index (χ4n) is 14.1. The largest absolute Gasteiger partial charge is 0.388 e. The zero-order valence-electron chi connectivity index (χ0n) is 28.2. The molecule has 0 aromatic rings. The van der Waals surface area contributed by atoms with Crippen LogP contribution in [0.3, 0.4) is 0 Å². The molecule has 5 saturated carbocycles. The molecule has 4 N–H and O–H groups in total. The number of aliphatic hydroxyl groups excluding tert-OH is 4. The van der Waals surface area contributed by atoms with Crippen LogP contribution in [0.15, 0.2) is 0 Å². The topological polar surface area (TPSA) is 118 Å². The second kappa shape index (κ2) is 9.02. The molecule has 3 aliphatic heterocycles. The van der Waals surface area contributed by atoms with Gasteiger partial charge < -0.3 is 39.4 Å². The summed E-state index contributed by atoms with van der Waals surface area (Å²) in [5, 5.41) is 43.6. The smallest absolute Gasteiger partial charge is 0.199 e. The first kappa shape index (κ1) is 31.0. The average molecular weight is 619 g/mol. The summed E-state index contributed by atoms with van der Waals surface area (Å²) in [4.78, 5) is 0. The summed E-state index contributed by atoms with van der Waals surface area (Å²) in [6.45, 7) is 18.6. The van der Waals surface area contributed by atoms with Crippen LogP contribution in [0, 0.1) is 56.2 Å². The van der Waals surface area contributed by atoms with E-state index in [0.717, 1.165) is 38.5 Å². The molecule has 8 rings (SSSR count). The molecule has 2 bridgehead atoms. The Bertz CT molecular complexity index is 1200. The molecule has 17 atom stereocenters. The number of hydrogen-bond acceptors (Lipinski definition) is 8. The summed E-state index contributed by atoms with van der Waals surface area (Å²) in [6, 6.07) is 0. The summed E-state index contributed by atoms with van der Waals surface area (Å²) >= 11 is 0. The second-order valence-corrected chi connectivity index (χ2v) is 19.0. The minimum absolute atomic E-state index is 0.0129. The lowest BCUT2D eigenvalue weighted by molar-refractivity contribution is -0.303. The highest BCUT2D eigenvalue weighted by molar-refractivity contribution is 5.34. The van der Waals surface area contributed by atoms with Crippen molar-refractivity contribution in [2.75, 3.05) is 6.61 Å². The van der Waals surface area contributed by atoms with E-state index >= 15 is 0 Å². The lowest BCUT2D eigenvalue weighted by atomic mass is 9.41. The first-order chi connectivity index (χ1) is 20.4. The van der Waals surface area contributed by atoms with Crippen LogP contribution in [-0.2, 0) is 18.9 Å². The lowest BCUT2D eigenvalue weighted by Gasteiger charge is -2.63. The number of ether oxygens (including phenoxy) is 4. The molecule has 0 radical (unpaired) electrons. The SMILES string of the molecule is C[C@@H]1C[C@@H]2O[C@@]3(O[C@@H]2C(C)(C)C)C(O)[C@@]2(C)C4CCC5C(C)(C)[C@@H](OC6OC[C@H](O)[C@@H](O)[C@@H]6O)CC[C@@]56C[C@@]46CC[C@]2(C)C13. The van der Waals surface area contributed by atoms with Gasteiger partial charge in [-0.05, 0) is 96.2 Å². The first-order valence-electron chi connectivity index (χ1n) is 17.8. The van der Waals surface area contributed by atoms with E-state index < -0.39 is 36.5 Å². The van der Waals surface area contributed by atoms with Crippen LogP contribution < -0.4 is 0 Å². The standard InChI is InChI=1S/C36H58O8/c1-18-15-20-27(30(2,3)4)44-36(43-20)26(18)32(7)13-14-35-17-34(35)12-11-23(42-28-25(39)24(38)19(37)16-41-28)31(5,6)21(34)9-10-22(35)33(32,8)29(36)40/h18-29,37-40H,9-17H2,1-8H3/t18-,19+,20+,21?,22?,23+,24-,25+,26?,27+,28?,29?,32-,33-,34-,35+,36+/m1/s1. The Labute approximate surface area is 263 Å². The molecule has 0 aromatic carbocycles. The normalized spacial score (nSPS) is 62.2. The van der Waals surface area contributed by atoms with E-state index in [1.54, 1.807) is 0 Å². The van der Waals surface area contributed by atoms with Crippen LogP contribution in [0.5, 0.6) is 0 Å². The highest BCUT2D eigenvalue weighted by atomic mass is 16.8. The maximum Gasteiger partial charge on any atom is 0.199 e. The van der Waals surface area contributed by atoms with E-state index in [0.29, 0.717) is 17.8 Å². The van der Waals surface area contributed by atoms with Crippen molar-refractivity contribution in [3.63, 3.8) is 0 Å². The van der Waals surface area contributed by atoms with Crippen LogP contribution in [-0.4, -0.2) is 81.8 Å². The number of fused-ring (bicyclic) bond motifs is 4. The summed E-state index contributed by atoms with van der Waals surface area (Å²) < 4.78 is 26.2. The van der Waals surface area contributed by atoms with Gasteiger partial charge in [-0.3, -0.25) is 0 Å². The average Bonchev–Trinajstić information content (AvgIpc) is 3.45. The van der Waals surface area contributed by atoms with Crippen LogP contribution in [0.4, 0.5) is 0 Å². The van der Waals surface area contributed by atoms with Crippen molar-refractivity contribution in [2.45, 2.75) is 162 Å². The van der Waals surface area contributed by atoms with Crippen molar-refractivity contribution in [1.29, 1.82) is 0 Å². The van der Waals surface area contributed by atoms with Crippen molar-refractivity contribution >= 4 is 0 Å². The molecule has 44 heavy (non-hydrogen) atoms. The third kappa shape index (κ3) is 3.39. The molecule has 8 fully saturated rings. The summed E-state index contributed by atoms with van der Waals surface area (Å²) in [5.74, 6) is 0.586. The van der Waals surface area contributed by atoms with Crippen LogP contribution >= 0.6 is 0 Å². The molecule has 0 amide bonds. The Morgan fingerprint density at radius 2 is 1.50 bits per heavy atom. The van der Waals surface area contributed by atoms with Gasteiger partial charge in [-0.2, -0.15) is 0 Å². The fourth-order valence-corrected chi connectivity index (χ4v) is 14.1. The Hall–Kier alpha value is -0.320. The van der Waals surface area contributed by atoms with Gasteiger partial charge in [0.05, 0.1) is 24.9 Å². The zero-order chi connectivity index (χ0) is 31.6. The molecule has 250 valence electrons. The Morgan fingerprint density at radius 1 is 0.818 bits per heavy atom. The fraction of sp³-hybridized carbons (Fsp3) is 1.00. The molecule has 3 heterocycles. The highest BCUT2D eigenvalue weighted by Crippen LogP contribution is 2.90. The minimum Gasteiger partial charge on any atom is -0.388 e. The number of rotatable bonds is 2. The molecule has 5 aliphatic carbocycles. The molecule has 3 saturated heterocycles. The molecule has 5 unspecified atom stereocenters. The van der Waals surface area contributed by atoms with E-state index in [9.17, 15) is 20.4 Å². The van der Waals surface area contributed by atoms with Crippen molar-refractivity contribution in [2.24, 2.45) is 56.2 Å². The van der Waals surface area contributed by atoms with Gasteiger partial charge in [0, 0.05) is 11.3 Å². The number of hydrogen-bond donors (Lipinski definition) is 4. The molecule has 8 nitrogen and oxygen atoms in total. The lowest BCUT2D eigenvalue weighted by Crippen LogP contribution is -2.61. The Kier molecular flexibility index (Phi) is 6.35. The quantitative estimate of drug-likeness (QED) is 0.337. The van der Waals surface area contributed by atoms with E-state index in [1.807, 2.05) is 0 Å². The molecular formula is C36H58O8. The van der Waals surface area contributed by atoms with E-state index in [1.165, 1.54) is 12.8 Å². The van der Waals surface area contributed by atoms with E-state index in [2.05, 4.69) is 55.4 Å². The van der Waals surface area contributed by atoms with Gasteiger partial charge in [0.1, 0.15) is 24.4 Å². The molecule has 3 spiro atoms. The van der Waals surface area contributed by atoms with Gasteiger partial charge in [-0.25, -0.2) is 0 Å². The molecule has 8 aliphatic rings. The van der Waals surface area contributed by atoms with Gasteiger partial charge >= 0.3 is 0 Å². The third-order valence-electron chi connectivity index (χ3n) is 16.0. The monoisotopic (exact) mass is 618 g/mol. The van der Waals surface area contributed by atoms with Crippen molar-refractivity contribution in [1.82, 2.24) is 0 Å². The zero-order valence-corrected chi connectivity index (χ0v) is 28.2. The van der Waals surface area contributed by atoms with Gasteiger partial charge in [-0.15, -0.1) is 0 Å². The van der Waals surface area contributed by atoms with Crippen LogP contribution in [0.2, 0.25) is 0 Å². The third-order valence-corrected chi connectivity index (χ3v) is 16.0. The highest BCUT2D eigenvalue weighted by Gasteiger charge is 2.88. The molecular weight excluding hydrogens is 560 g/mol. The molecule has 8 heteroatoms.